The van der Waals surface area contributed by atoms with E-state index < -0.39 is 0 Å². The summed E-state index contributed by atoms with van der Waals surface area (Å²) in [5.74, 6) is -0.280. The summed E-state index contributed by atoms with van der Waals surface area (Å²) in [6.45, 7) is 0. The number of hydrogen-bond acceptors (Lipinski definition) is 4. The van der Waals surface area contributed by atoms with E-state index >= 15 is 0 Å². The molecule has 0 bridgehead atoms. The fraction of sp³-hybridized carbons (Fsp3) is 0. The Balaban J connectivity index is 2.24. The van der Waals surface area contributed by atoms with Crippen molar-refractivity contribution in [3.63, 3.8) is 0 Å². The quantitative estimate of drug-likeness (QED) is 0.925. The molecule has 1 N–H and O–H groups in total. The summed E-state index contributed by atoms with van der Waals surface area (Å²) in [6.07, 6.45) is 1.48. The van der Waals surface area contributed by atoms with E-state index in [1.165, 1.54) is 6.20 Å². The van der Waals surface area contributed by atoms with E-state index in [9.17, 15) is 4.79 Å². The van der Waals surface area contributed by atoms with E-state index in [-0.39, 0.29) is 5.91 Å². The smallest absolute Gasteiger partial charge is 0.257 e. The molecule has 2 aromatic rings. The van der Waals surface area contributed by atoms with Crippen LogP contribution in [0.5, 0.6) is 0 Å². The number of halogens is 2. The molecule has 1 aromatic carbocycles. The SMILES string of the molecule is O=C(Nc1cnns1)c1cc(Br)ccc1Cl. The average Bonchev–Trinajstić information content (AvgIpc) is 2.74. The fourth-order valence-corrected chi connectivity index (χ4v) is 2.05. The molecule has 4 nitrogen and oxygen atoms in total. The van der Waals surface area contributed by atoms with Crippen molar-refractivity contribution in [1.29, 1.82) is 0 Å². The second-order valence-corrected chi connectivity index (χ2v) is 4.97. The van der Waals surface area contributed by atoms with Gasteiger partial charge in [-0.05, 0) is 18.2 Å². The molecule has 0 unspecified atom stereocenters. The van der Waals surface area contributed by atoms with Crippen molar-refractivity contribution in [2.75, 3.05) is 5.32 Å². The molecule has 2 rings (SSSR count). The van der Waals surface area contributed by atoms with Crippen LogP contribution in [0.3, 0.4) is 0 Å². The van der Waals surface area contributed by atoms with Crippen LogP contribution in [0, 0.1) is 0 Å². The van der Waals surface area contributed by atoms with Crippen LogP contribution in [0.4, 0.5) is 5.00 Å². The third-order valence-electron chi connectivity index (χ3n) is 1.77. The molecule has 0 spiro atoms. The molecule has 1 heterocycles. The van der Waals surface area contributed by atoms with Gasteiger partial charge >= 0.3 is 0 Å². The van der Waals surface area contributed by atoms with Crippen molar-refractivity contribution in [2.45, 2.75) is 0 Å². The standard InChI is InChI=1S/C9H5BrClN3OS/c10-5-1-2-7(11)6(3-5)9(15)13-8-4-12-14-16-8/h1-4H,(H,13,15). The minimum Gasteiger partial charge on any atom is -0.311 e. The third kappa shape index (κ3) is 2.58. The van der Waals surface area contributed by atoms with Crippen LogP contribution < -0.4 is 5.32 Å². The van der Waals surface area contributed by atoms with Crippen LogP contribution >= 0.6 is 39.1 Å². The lowest BCUT2D eigenvalue weighted by atomic mass is 10.2. The Morgan fingerprint density at radius 1 is 1.50 bits per heavy atom. The molecule has 0 aliphatic rings. The van der Waals surface area contributed by atoms with Crippen molar-refractivity contribution >= 4 is 50.0 Å². The number of hydrogen-bond donors (Lipinski definition) is 1. The van der Waals surface area contributed by atoms with Crippen molar-refractivity contribution in [3.8, 4) is 0 Å². The number of carbonyl (C=O) groups excluding carboxylic acids is 1. The zero-order chi connectivity index (χ0) is 11.5. The summed E-state index contributed by atoms with van der Waals surface area (Å²) in [7, 11) is 0. The molecule has 0 aliphatic carbocycles. The second kappa shape index (κ2) is 4.90. The van der Waals surface area contributed by atoms with Crippen molar-refractivity contribution in [2.24, 2.45) is 0 Å². The van der Waals surface area contributed by atoms with Gasteiger partial charge in [-0.25, -0.2) is 0 Å². The Hall–Kier alpha value is -0.980. The monoisotopic (exact) mass is 317 g/mol. The predicted molar refractivity (Wildman–Crippen MR) is 67.0 cm³/mol. The van der Waals surface area contributed by atoms with E-state index in [2.05, 4.69) is 30.8 Å². The molecule has 0 fully saturated rings. The first-order valence-electron chi connectivity index (χ1n) is 4.20. The second-order valence-electron chi connectivity index (χ2n) is 2.86. The van der Waals surface area contributed by atoms with E-state index in [0.29, 0.717) is 15.6 Å². The first-order chi connectivity index (χ1) is 7.66. The van der Waals surface area contributed by atoms with Crippen LogP contribution in [0.25, 0.3) is 0 Å². The largest absolute Gasteiger partial charge is 0.311 e. The molecule has 82 valence electrons. The number of nitrogens with zero attached hydrogens (tertiary/aromatic N) is 2. The lowest BCUT2D eigenvalue weighted by Gasteiger charge is -2.04. The molecule has 7 heteroatoms. The predicted octanol–water partition coefficient (Wildman–Crippen LogP) is 3.21. The molecule has 1 amide bonds. The summed E-state index contributed by atoms with van der Waals surface area (Å²) in [4.78, 5) is 11.8. The highest BCUT2D eigenvalue weighted by Crippen LogP contribution is 2.22. The molecule has 0 atom stereocenters. The number of aromatic nitrogens is 2. The topological polar surface area (TPSA) is 54.9 Å². The maximum absolute atomic E-state index is 11.8. The number of benzene rings is 1. The van der Waals surface area contributed by atoms with Crippen molar-refractivity contribution in [1.82, 2.24) is 9.59 Å². The van der Waals surface area contributed by atoms with Crippen molar-refractivity contribution < 1.29 is 4.79 Å². The number of rotatable bonds is 2. The van der Waals surface area contributed by atoms with E-state index in [1.54, 1.807) is 18.2 Å². The first-order valence-corrected chi connectivity index (χ1v) is 6.15. The number of carbonyl (C=O) groups is 1. The number of anilines is 1. The number of nitrogens with one attached hydrogen (secondary N) is 1. The van der Waals surface area contributed by atoms with Crippen LogP contribution in [0.15, 0.2) is 28.9 Å². The maximum Gasteiger partial charge on any atom is 0.257 e. The molecular weight excluding hydrogens is 314 g/mol. The summed E-state index contributed by atoms with van der Waals surface area (Å²) < 4.78 is 4.44. The summed E-state index contributed by atoms with van der Waals surface area (Å²) >= 11 is 10.3. The van der Waals surface area contributed by atoms with E-state index in [1.807, 2.05) is 0 Å². The molecule has 0 saturated heterocycles. The van der Waals surface area contributed by atoms with Gasteiger partial charge in [0.25, 0.3) is 5.91 Å². The fourth-order valence-electron chi connectivity index (χ4n) is 1.07. The molecular formula is C9H5BrClN3OS. The van der Waals surface area contributed by atoms with Crippen LogP contribution in [-0.4, -0.2) is 15.5 Å². The zero-order valence-electron chi connectivity index (χ0n) is 7.78. The van der Waals surface area contributed by atoms with E-state index in [4.69, 9.17) is 11.6 Å². The van der Waals surface area contributed by atoms with Gasteiger partial charge in [0.15, 0.2) is 0 Å². The molecule has 0 radical (unpaired) electrons. The summed E-state index contributed by atoms with van der Waals surface area (Å²) in [5, 5.41) is 7.26. The van der Waals surface area contributed by atoms with Gasteiger partial charge in [0, 0.05) is 16.0 Å². The van der Waals surface area contributed by atoms with Crippen LogP contribution in [-0.2, 0) is 0 Å². The highest BCUT2D eigenvalue weighted by atomic mass is 79.9. The maximum atomic E-state index is 11.8. The third-order valence-corrected chi connectivity index (χ3v) is 3.17. The lowest BCUT2D eigenvalue weighted by molar-refractivity contribution is 0.102. The van der Waals surface area contributed by atoms with Gasteiger partial charge in [-0.15, -0.1) is 5.10 Å². The summed E-state index contributed by atoms with van der Waals surface area (Å²) in [5.41, 5.74) is 0.407. The minimum atomic E-state index is -0.280. The van der Waals surface area contributed by atoms with Gasteiger partial charge < -0.3 is 5.32 Å². The van der Waals surface area contributed by atoms with Gasteiger partial charge in [-0.3, -0.25) is 4.79 Å². The molecule has 0 saturated carbocycles. The minimum absolute atomic E-state index is 0.280. The molecule has 16 heavy (non-hydrogen) atoms. The highest BCUT2D eigenvalue weighted by Gasteiger charge is 2.11. The van der Waals surface area contributed by atoms with Gasteiger partial charge in [0.2, 0.25) is 0 Å². The Kier molecular flexibility index (Phi) is 3.52. The number of amides is 1. The Bertz CT molecular complexity index is 517. The normalized spacial score (nSPS) is 10.1. The lowest BCUT2D eigenvalue weighted by Crippen LogP contribution is -2.11. The van der Waals surface area contributed by atoms with Gasteiger partial charge in [-0.2, -0.15) is 0 Å². The van der Waals surface area contributed by atoms with E-state index in [0.717, 1.165) is 16.0 Å². The van der Waals surface area contributed by atoms with Crippen LogP contribution in [0.1, 0.15) is 10.4 Å². The zero-order valence-corrected chi connectivity index (χ0v) is 10.9. The Morgan fingerprint density at radius 3 is 3.00 bits per heavy atom. The van der Waals surface area contributed by atoms with Gasteiger partial charge in [-0.1, -0.05) is 32.0 Å². The Morgan fingerprint density at radius 2 is 2.31 bits per heavy atom. The van der Waals surface area contributed by atoms with Gasteiger partial charge in [0.1, 0.15) is 5.00 Å². The highest BCUT2D eigenvalue weighted by molar-refractivity contribution is 9.10. The molecule has 0 aliphatic heterocycles. The average molecular weight is 319 g/mol. The van der Waals surface area contributed by atoms with Crippen LogP contribution in [0.2, 0.25) is 5.02 Å². The van der Waals surface area contributed by atoms with Crippen molar-refractivity contribution in [3.05, 3.63) is 39.5 Å². The first kappa shape index (κ1) is 11.5. The molecule has 1 aromatic heterocycles. The summed E-state index contributed by atoms with van der Waals surface area (Å²) in [6, 6.07) is 5.09. The van der Waals surface area contributed by atoms with Gasteiger partial charge in [0.05, 0.1) is 16.8 Å². The Labute approximate surface area is 109 Å².